The van der Waals surface area contributed by atoms with Crippen molar-refractivity contribution in [3.8, 4) is 0 Å². The summed E-state index contributed by atoms with van der Waals surface area (Å²) in [5, 5.41) is 3.36. The van der Waals surface area contributed by atoms with E-state index in [1.54, 1.807) is 18.0 Å². The van der Waals surface area contributed by atoms with Gasteiger partial charge in [0, 0.05) is 0 Å². The van der Waals surface area contributed by atoms with Gasteiger partial charge in [0.25, 0.3) is 0 Å². The Hall–Kier alpha value is -1.13. The highest BCUT2D eigenvalue weighted by Gasteiger charge is 2.08. The molecule has 2 heterocycles. The number of furan rings is 2. The molecule has 0 aliphatic heterocycles. The number of nitrogens with one attached hydrogen (secondary N) is 1. The van der Waals surface area contributed by atoms with Crippen molar-refractivity contribution < 1.29 is 8.83 Å². The van der Waals surface area contributed by atoms with Gasteiger partial charge in [-0.3, -0.25) is 0 Å². The van der Waals surface area contributed by atoms with Crippen molar-refractivity contribution in [1.29, 1.82) is 0 Å². The summed E-state index contributed by atoms with van der Waals surface area (Å²) in [6.45, 7) is 2.79. The van der Waals surface area contributed by atoms with E-state index in [4.69, 9.17) is 8.83 Å². The van der Waals surface area contributed by atoms with E-state index in [0.29, 0.717) is 0 Å². The molecule has 0 saturated heterocycles. The fraction of sp³-hybridized carbons (Fsp3) is 0.385. The first-order valence-electron chi connectivity index (χ1n) is 5.63. The molecular formula is C13H17NO2S. The van der Waals surface area contributed by atoms with Gasteiger partial charge in [-0.15, -0.1) is 0 Å². The molecule has 0 spiro atoms. The molecule has 92 valence electrons. The third-order valence-corrected chi connectivity index (χ3v) is 3.13. The molecule has 0 aliphatic rings. The molecule has 2 rings (SSSR count). The summed E-state index contributed by atoms with van der Waals surface area (Å²) < 4.78 is 11.0. The topological polar surface area (TPSA) is 38.3 Å². The number of thioether (sulfide) groups is 1. The molecule has 1 unspecified atom stereocenters. The molecule has 3 nitrogen and oxygen atoms in total. The van der Waals surface area contributed by atoms with E-state index in [1.165, 1.54) is 0 Å². The zero-order valence-corrected chi connectivity index (χ0v) is 10.9. The third kappa shape index (κ3) is 3.41. The van der Waals surface area contributed by atoms with Crippen LogP contribution in [-0.4, -0.2) is 6.26 Å². The summed E-state index contributed by atoms with van der Waals surface area (Å²) in [4.78, 5) is 0. The van der Waals surface area contributed by atoms with Gasteiger partial charge < -0.3 is 14.2 Å². The van der Waals surface area contributed by atoms with Crippen LogP contribution in [0.15, 0.2) is 39.4 Å². The molecule has 1 N–H and O–H groups in total. The minimum atomic E-state index is 0.194. The maximum absolute atomic E-state index is 5.68. The Balaban J connectivity index is 1.84. The van der Waals surface area contributed by atoms with Crippen molar-refractivity contribution in [2.24, 2.45) is 0 Å². The van der Waals surface area contributed by atoms with Crippen molar-refractivity contribution in [3.05, 3.63) is 47.8 Å². The van der Waals surface area contributed by atoms with Gasteiger partial charge in [0.15, 0.2) is 0 Å². The number of hydrogen-bond acceptors (Lipinski definition) is 4. The van der Waals surface area contributed by atoms with E-state index in [0.717, 1.165) is 29.6 Å². The van der Waals surface area contributed by atoms with Gasteiger partial charge in [-0.1, -0.05) is 0 Å². The SMILES string of the molecule is CSCc1ccc(CNC(C)c2ccco2)o1. The van der Waals surface area contributed by atoms with E-state index in [1.807, 2.05) is 24.3 Å². The Morgan fingerprint density at radius 1 is 1.29 bits per heavy atom. The molecule has 0 amide bonds. The molecule has 0 fully saturated rings. The largest absolute Gasteiger partial charge is 0.468 e. The monoisotopic (exact) mass is 251 g/mol. The first-order chi connectivity index (χ1) is 8.29. The summed E-state index contributed by atoms with van der Waals surface area (Å²) in [6.07, 6.45) is 3.76. The first-order valence-corrected chi connectivity index (χ1v) is 7.02. The Labute approximate surface area is 106 Å². The van der Waals surface area contributed by atoms with E-state index in [-0.39, 0.29) is 6.04 Å². The Kier molecular flexibility index (Phi) is 4.34. The van der Waals surface area contributed by atoms with Crippen LogP contribution in [0.3, 0.4) is 0 Å². The molecule has 2 aromatic rings. The second-order valence-electron chi connectivity index (χ2n) is 3.92. The average Bonchev–Trinajstić information content (AvgIpc) is 2.97. The van der Waals surface area contributed by atoms with Crippen LogP contribution in [0.1, 0.15) is 30.2 Å². The molecule has 0 saturated carbocycles. The fourth-order valence-corrected chi connectivity index (χ4v) is 2.07. The van der Waals surface area contributed by atoms with Crippen LogP contribution in [0.2, 0.25) is 0 Å². The zero-order chi connectivity index (χ0) is 12.1. The predicted molar refractivity (Wildman–Crippen MR) is 69.9 cm³/mol. The quantitative estimate of drug-likeness (QED) is 0.851. The van der Waals surface area contributed by atoms with Crippen LogP contribution in [0.5, 0.6) is 0 Å². The molecule has 0 aliphatic carbocycles. The highest BCUT2D eigenvalue weighted by molar-refractivity contribution is 7.97. The summed E-state index contributed by atoms with van der Waals surface area (Å²) in [6, 6.07) is 8.12. The van der Waals surface area contributed by atoms with E-state index in [2.05, 4.69) is 18.5 Å². The zero-order valence-electron chi connectivity index (χ0n) is 10.1. The predicted octanol–water partition coefficient (Wildman–Crippen LogP) is 3.59. The minimum absolute atomic E-state index is 0.194. The summed E-state index contributed by atoms with van der Waals surface area (Å²) in [5.74, 6) is 3.86. The van der Waals surface area contributed by atoms with E-state index < -0.39 is 0 Å². The van der Waals surface area contributed by atoms with Crippen LogP contribution < -0.4 is 5.32 Å². The molecule has 0 aromatic carbocycles. The molecular weight excluding hydrogens is 234 g/mol. The van der Waals surface area contributed by atoms with Crippen LogP contribution in [0.4, 0.5) is 0 Å². The van der Waals surface area contributed by atoms with Crippen LogP contribution in [0.25, 0.3) is 0 Å². The smallest absolute Gasteiger partial charge is 0.120 e. The fourth-order valence-electron chi connectivity index (χ4n) is 1.63. The van der Waals surface area contributed by atoms with Gasteiger partial charge in [0.05, 0.1) is 24.6 Å². The Bertz CT molecular complexity index is 436. The molecule has 0 radical (unpaired) electrons. The first kappa shape index (κ1) is 12.3. The minimum Gasteiger partial charge on any atom is -0.468 e. The van der Waals surface area contributed by atoms with Crippen LogP contribution in [-0.2, 0) is 12.3 Å². The molecule has 4 heteroatoms. The summed E-state index contributed by atoms with van der Waals surface area (Å²) in [7, 11) is 0. The van der Waals surface area contributed by atoms with Gasteiger partial charge in [0.2, 0.25) is 0 Å². The summed E-state index contributed by atoms with van der Waals surface area (Å²) >= 11 is 1.76. The maximum atomic E-state index is 5.68. The second kappa shape index (κ2) is 5.98. The van der Waals surface area contributed by atoms with Crippen LogP contribution in [0, 0.1) is 0 Å². The van der Waals surface area contributed by atoms with Crippen molar-refractivity contribution >= 4 is 11.8 Å². The van der Waals surface area contributed by atoms with Gasteiger partial charge in [-0.05, 0) is 37.4 Å². The Morgan fingerprint density at radius 2 is 2.12 bits per heavy atom. The lowest BCUT2D eigenvalue weighted by Crippen LogP contribution is -2.17. The molecule has 17 heavy (non-hydrogen) atoms. The Morgan fingerprint density at radius 3 is 2.82 bits per heavy atom. The van der Waals surface area contributed by atoms with Crippen molar-refractivity contribution in [2.45, 2.75) is 25.3 Å². The number of hydrogen-bond donors (Lipinski definition) is 1. The lowest BCUT2D eigenvalue weighted by atomic mass is 10.2. The van der Waals surface area contributed by atoms with Gasteiger partial charge in [-0.2, -0.15) is 11.8 Å². The maximum Gasteiger partial charge on any atom is 0.120 e. The second-order valence-corrected chi connectivity index (χ2v) is 4.79. The van der Waals surface area contributed by atoms with Crippen molar-refractivity contribution in [3.63, 3.8) is 0 Å². The lowest BCUT2D eigenvalue weighted by Gasteiger charge is -2.09. The van der Waals surface area contributed by atoms with Crippen molar-refractivity contribution in [1.82, 2.24) is 5.32 Å². The average molecular weight is 251 g/mol. The van der Waals surface area contributed by atoms with Crippen molar-refractivity contribution in [2.75, 3.05) is 6.26 Å². The molecule has 0 bridgehead atoms. The third-order valence-electron chi connectivity index (χ3n) is 2.56. The van der Waals surface area contributed by atoms with E-state index >= 15 is 0 Å². The summed E-state index contributed by atoms with van der Waals surface area (Å²) in [5.41, 5.74) is 0. The standard InChI is InChI=1S/C13H17NO2S/c1-10(13-4-3-7-15-13)14-8-11-5-6-12(16-11)9-17-2/h3-7,10,14H,8-9H2,1-2H3. The number of rotatable bonds is 6. The molecule has 2 aromatic heterocycles. The van der Waals surface area contributed by atoms with Gasteiger partial charge in [0.1, 0.15) is 17.3 Å². The highest BCUT2D eigenvalue weighted by atomic mass is 32.2. The van der Waals surface area contributed by atoms with Gasteiger partial charge in [-0.25, -0.2) is 0 Å². The molecule has 1 atom stereocenters. The van der Waals surface area contributed by atoms with E-state index in [9.17, 15) is 0 Å². The highest BCUT2D eigenvalue weighted by Crippen LogP contribution is 2.16. The van der Waals surface area contributed by atoms with Crippen LogP contribution >= 0.6 is 11.8 Å². The normalized spacial score (nSPS) is 12.8. The lowest BCUT2D eigenvalue weighted by molar-refractivity contribution is 0.401. The van der Waals surface area contributed by atoms with Gasteiger partial charge >= 0.3 is 0 Å².